The molecule has 1 unspecified atom stereocenters. The molecule has 30 heavy (non-hydrogen) atoms. The molecular formula is C25H33F3N2. The Labute approximate surface area is 178 Å². The van der Waals surface area contributed by atoms with Gasteiger partial charge in [0.2, 0.25) is 0 Å². The van der Waals surface area contributed by atoms with Gasteiger partial charge in [-0.25, -0.2) is 0 Å². The van der Waals surface area contributed by atoms with Crippen LogP contribution in [-0.2, 0) is 19.0 Å². The largest absolute Gasteiger partial charge is 0.416 e. The van der Waals surface area contributed by atoms with E-state index in [9.17, 15) is 13.2 Å². The first kappa shape index (κ1) is 22.7. The third-order valence-electron chi connectivity index (χ3n) is 6.31. The van der Waals surface area contributed by atoms with Crippen molar-refractivity contribution in [2.24, 2.45) is 5.92 Å². The second-order valence-corrected chi connectivity index (χ2v) is 8.61. The van der Waals surface area contributed by atoms with E-state index in [-0.39, 0.29) is 0 Å². The minimum Gasteiger partial charge on any atom is -0.369 e. The molecule has 1 saturated heterocycles. The maximum absolute atomic E-state index is 13.0. The van der Waals surface area contributed by atoms with Gasteiger partial charge in [0.25, 0.3) is 0 Å². The van der Waals surface area contributed by atoms with Crippen LogP contribution in [0.3, 0.4) is 0 Å². The number of benzene rings is 2. The predicted molar refractivity (Wildman–Crippen MR) is 118 cm³/mol. The molecule has 0 spiro atoms. The molecule has 1 aliphatic rings. The summed E-state index contributed by atoms with van der Waals surface area (Å²) in [4.78, 5) is 4.47. The van der Waals surface area contributed by atoms with Crippen LogP contribution in [0.4, 0.5) is 18.9 Å². The average Bonchev–Trinajstić information content (AvgIpc) is 2.74. The van der Waals surface area contributed by atoms with Crippen LogP contribution in [0, 0.1) is 12.8 Å². The Kier molecular flexibility index (Phi) is 7.45. The highest BCUT2D eigenvalue weighted by Gasteiger charge is 2.31. The molecule has 0 amide bonds. The summed E-state index contributed by atoms with van der Waals surface area (Å²) in [6, 6.07) is 12.5. The number of rotatable bonds is 7. The highest BCUT2D eigenvalue weighted by Crippen LogP contribution is 2.31. The fraction of sp³-hybridized carbons (Fsp3) is 0.520. The lowest BCUT2D eigenvalue weighted by molar-refractivity contribution is -0.137. The van der Waals surface area contributed by atoms with Crippen molar-refractivity contribution in [2.75, 3.05) is 37.6 Å². The van der Waals surface area contributed by atoms with E-state index < -0.39 is 11.7 Å². The first-order valence-corrected chi connectivity index (χ1v) is 11.0. The van der Waals surface area contributed by atoms with Crippen molar-refractivity contribution in [3.8, 4) is 0 Å². The topological polar surface area (TPSA) is 6.48 Å². The number of hydrogen-bond acceptors (Lipinski definition) is 2. The monoisotopic (exact) mass is 418 g/mol. The maximum atomic E-state index is 13.0. The van der Waals surface area contributed by atoms with E-state index in [2.05, 4.69) is 48.8 Å². The van der Waals surface area contributed by atoms with Crippen LogP contribution in [0.5, 0.6) is 0 Å². The van der Waals surface area contributed by atoms with Gasteiger partial charge in [-0.2, -0.15) is 13.2 Å². The molecule has 1 atom stereocenters. The molecule has 0 bridgehead atoms. The van der Waals surface area contributed by atoms with Gasteiger partial charge >= 0.3 is 6.18 Å². The first-order valence-electron chi connectivity index (χ1n) is 11.0. The van der Waals surface area contributed by atoms with Crippen LogP contribution in [-0.4, -0.2) is 37.6 Å². The first-order chi connectivity index (χ1) is 14.3. The Balaban J connectivity index is 1.53. The fourth-order valence-electron chi connectivity index (χ4n) is 4.02. The molecule has 2 aromatic rings. The number of alkyl halides is 3. The van der Waals surface area contributed by atoms with E-state index in [1.165, 1.54) is 35.2 Å². The normalized spacial score (nSPS) is 16.7. The quantitative estimate of drug-likeness (QED) is 0.547. The summed E-state index contributed by atoms with van der Waals surface area (Å²) >= 11 is 0. The summed E-state index contributed by atoms with van der Waals surface area (Å²) in [6.07, 6.45) is -0.956. The lowest BCUT2D eigenvalue weighted by atomic mass is 9.93. The number of halogens is 3. The zero-order valence-electron chi connectivity index (χ0n) is 18.3. The van der Waals surface area contributed by atoms with Crippen molar-refractivity contribution in [2.45, 2.75) is 46.2 Å². The van der Waals surface area contributed by atoms with Crippen LogP contribution in [0.25, 0.3) is 0 Å². The van der Waals surface area contributed by atoms with Crippen LogP contribution >= 0.6 is 0 Å². The van der Waals surface area contributed by atoms with E-state index in [4.69, 9.17) is 0 Å². The smallest absolute Gasteiger partial charge is 0.369 e. The molecule has 1 aliphatic heterocycles. The SMILES string of the molecule is CCC(C)Cc1cc(CCN2CCN(c3cccc(C(F)(F)F)c3)CC2)ccc1C. The van der Waals surface area contributed by atoms with Gasteiger partial charge in [-0.1, -0.05) is 44.5 Å². The zero-order valence-corrected chi connectivity index (χ0v) is 18.3. The zero-order chi connectivity index (χ0) is 21.7. The maximum Gasteiger partial charge on any atom is 0.416 e. The van der Waals surface area contributed by atoms with Crippen molar-refractivity contribution in [1.29, 1.82) is 0 Å². The number of piperazine rings is 1. The van der Waals surface area contributed by atoms with Gasteiger partial charge in [-0.15, -0.1) is 0 Å². The fourth-order valence-corrected chi connectivity index (χ4v) is 4.02. The van der Waals surface area contributed by atoms with Crippen molar-refractivity contribution < 1.29 is 13.2 Å². The van der Waals surface area contributed by atoms with E-state index in [1.807, 2.05) is 0 Å². The molecule has 3 rings (SSSR count). The van der Waals surface area contributed by atoms with Gasteiger partial charge in [0.05, 0.1) is 5.56 Å². The minimum absolute atomic E-state index is 0.574. The van der Waals surface area contributed by atoms with Gasteiger partial charge < -0.3 is 4.90 Å². The summed E-state index contributed by atoms with van der Waals surface area (Å²) in [5.74, 6) is 0.697. The summed E-state index contributed by atoms with van der Waals surface area (Å²) in [5, 5.41) is 0. The summed E-state index contributed by atoms with van der Waals surface area (Å²) < 4.78 is 38.9. The molecule has 0 aliphatic carbocycles. The lowest BCUT2D eigenvalue weighted by Gasteiger charge is -2.36. The average molecular weight is 419 g/mol. The van der Waals surface area contributed by atoms with Gasteiger partial charge in [0, 0.05) is 38.4 Å². The second kappa shape index (κ2) is 9.86. The number of hydrogen-bond donors (Lipinski definition) is 0. The standard InChI is InChI=1S/C25H33F3N2/c1-4-19(2)16-22-17-21(9-8-20(22)3)10-11-29-12-14-30(15-13-29)24-7-5-6-23(18-24)25(26,27)28/h5-9,17-19H,4,10-16H2,1-3H3. The third-order valence-corrected chi connectivity index (χ3v) is 6.31. The van der Waals surface area contributed by atoms with Gasteiger partial charge in [0.15, 0.2) is 0 Å². The molecule has 164 valence electrons. The van der Waals surface area contributed by atoms with Crippen LogP contribution in [0.1, 0.15) is 42.5 Å². The number of nitrogens with zero attached hydrogens (tertiary/aromatic N) is 2. The van der Waals surface area contributed by atoms with E-state index in [0.29, 0.717) is 11.6 Å². The predicted octanol–water partition coefficient (Wildman–Crippen LogP) is 5.97. The van der Waals surface area contributed by atoms with E-state index >= 15 is 0 Å². The summed E-state index contributed by atoms with van der Waals surface area (Å²) in [6.45, 7) is 11.0. The van der Waals surface area contributed by atoms with Crippen molar-refractivity contribution >= 4 is 5.69 Å². The van der Waals surface area contributed by atoms with Crippen LogP contribution in [0.2, 0.25) is 0 Å². The van der Waals surface area contributed by atoms with Crippen molar-refractivity contribution in [3.63, 3.8) is 0 Å². The summed E-state index contributed by atoms with van der Waals surface area (Å²) in [5.41, 5.74) is 4.29. The molecule has 0 N–H and O–H groups in total. The highest BCUT2D eigenvalue weighted by atomic mass is 19.4. The molecule has 0 saturated carbocycles. The minimum atomic E-state index is -4.29. The van der Waals surface area contributed by atoms with Crippen molar-refractivity contribution in [1.82, 2.24) is 4.90 Å². The number of aryl methyl sites for hydroxylation is 1. The van der Waals surface area contributed by atoms with E-state index in [0.717, 1.165) is 51.6 Å². The van der Waals surface area contributed by atoms with Gasteiger partial charge in [0.1, 0.15) is 0 Å². The molecule has 1 heterocycles. The molecule has 2 nitrogen and oxygen atoms in total. The van der Waals surface area contributed by atoms with Crippen LogP contribution < -0.4 is 4.90 Å². The Morgan fingerprint density at radius 2 is 1.73 bits per heavy atom. The van der Waals surface area contributed by atoms with Gasteiger partial charge in [-0.05, 0) is 60.6 Å². The Morgan fingerprint density at radius 3 is 2.40 bits per heavy atom. The third kappa shape index (κ3) is 6.00. The molecular weight excluding hydrogens is 385 g/mol. The highest BCUT2D eigenvalue weighted by molar-refractivity contribution is 5.49. The Morgan fingerprint density at radius 1 is 1.00 bits per heavy atom. The molecule has 5 heteroatoms. The summed E-state index contributed by atoms with van der Waals surface area (Å²) in [7, 11) is 0. The lowest BCUT2D eigenvalue weighted by Crippen LogP contribution is -2.47. The van der Waals surface area contributed by atoms with E-state index in [1.54, 1.807) is 6.07 Å². The van der Waals surface area contributed by atoms with Crippen molar-refractivity contribution in [3.05, 3.63) is 64.7 Å². The second-order valence-electron chi connectivity index (χ2n) is 8.61. The molecule has 0 radical (unpaired) electrons. The Bertz CT molecular complexity index is 823. The Hall–Kier alpha value is -2.01. The molecule has 2 aromatic carbocycles. The van der Waals surface area contributed by atoms with Crippen LogP contribution in [0.15, 0.2) is 42.5 Å². The number of anilines is 1. The molecule has 0 aromatic heterocycles. The molecule has 1 fully saturated rings. The van der Waals surface area contributed by atoms with Gasteiger partial charge in [-0.3, -0.25) is 4.90 Å².